The van der Waals surface area contributed by atoms with Crippen LogP contribution in [0.1, 0.15) is 48.5 Å². The van der Waals surface area contributed by atoms with Crippen LogP contribution < -0.4 is 4.90 Å². The third-order valence-corrected chi connectivity index (χ3v) is 8.03. The van der Waals surface area contributed by atoms with E-state index in [1.165, 1.54) is 62.2 Å². The second kappa shape index (κ2) is 11.8. The predicted octanol–water partition coefficient (Wildman–Crippen LogP) is 5.97. The molecule has 0 unspecified atom stereocenters. The number of benzene rings is 2. The number of hydrogen-bond acceptors (Lipinski definition) is 6. The largest absolute Gasteiger partial charge is 0.371 e. The van der Waals surface area contributed by atoms with Crippen LogP contribution in [0.5, 0.6) is 0 Å². The zero-order valence-electron chi connectivity index (χ0n) is 21.9. The van der Waals surface area contributed by atoms with Crippen molar-refractivity contribution in [1.29, 1.82) is 0 Å². The van der Waals surface area contributed by atoms with Crippen LogP contribution in [-0.4, -0.2) is 57.1 Å². The van der Waals surface area contributed by atoms with E-state index in [4.69, 9.17) is 16.6 Å². The number of hydrogen-bond donors (Lipinski definition) is 0. The molecule has 4 heterocycles. The highest BCUT2D eigenvalue weighted by Crippen LogP contribution is 2.26. The van der Waals surface area contributed by atoms with Crippen LogP contribution in [0.4, 0.5) is 10.1 Å². The molecule has 0 aliphatic carbocycles. The summed E-state index contributed by atoms with van der Waals surface area (Å²) in [7, 11) is 0. The normalized spacial score (nSPS) is 16.6. The topological polar surface area (TPSA) is 58.0 Å². The fourth-order valence-electron chi connectivity index (χ4n) is 5.71. The summed E-state index contributed by atoms with van der Waals surface area (Å²) in [5.74, 6) is 0.669. The van der Waals surface area contributed by atoms with Crippen LogP contribution in [0.2, 0.25) is 5.02 Å². The first-order valence-corrected chi connectivity index (χ1v) is 14.1. The maximum absolute atomic E-state index is 14.3. The van der Waals surface area contributed by atoms with E-state index in [1.807, 2.05) is 12.1 Å². The summed E-state index contributed by atoms with van der Waals surface area (Å²) < 4.78 is 14.3. The monoisotopic (exact) mass is 542 g/mol. The van der Waals surface area contributed by atoms with Gasteiger partial charge in [0.1, 0.15) is 11.6 Å². The first kappa shape index (κ1) is 25.8. The Bertz CT molecular complexity index is 1420. The molecule has 2 saturated heterocycles. The molecule has 0 spiro atoms. The molecule has 200 valence electrons. The zero-order chi connectivity index (χ0) is 26.6. The number of halogens is 2. The van der Waals surface area contributed by atoms with Gasteiger partial charge in [-0.05, 0) is 86.8 Å². The van der Waals surface area contributed by atoms with Crippen LogP contribution in [-0.2, 0) is 12.8 Å². The quantitative estimate of drug-likeness (QED) is 0.287. The molecule has 4 aromatic rings. The Labute approximate surface area is 233 Å². The fraction of sp³-hybridized carbons (Fsp3) is 0.355. The van der Waals surface area contributed by atoms with Gasteiger partial charge >= 0.3 is 0 Å². The summed E-state index contributed by atoms with van der Waals surface area (Å²) in [5.41, 5.74) is 4.37. The molecule has 39 heavy (non-hydrogen) atoms. The van der Waals surface area contributed by atoms with Crippen LogP contribution in [0.3, 0.4) is 0 Å². The number of anilines is 1. The Morgan fingerprint density at radius 3 is 2.28 bits per heavy atom. The van der Waals surface area contributed by atoms with Crippen LogP contribution >= 0.6 is 11.6 Å². The van der Waals surface area contributed by atoms with Gasteiger partial charge in [-0.25, -0.2) is 24.3 Å². The van der Waals surface area contributed by atoms with Gasteiger partial charge in [-0.1, -0.05) is 23.7 Å². The minimum atomic E-state index is -0.404. The van der Waals surface area contributed by atoms with E-state index in [9.17, 15) is 4.39 Å². The molecular weight excluding hydrogens is 511 g/mol. The molecule has 0 bridgehead atoms. The Morgan fingerprint density at radius 1 is 0.795 bits per heavy atom. The van der Waals surface area contributed by atoms with Gasteiger partial charge in [0, 0.05) is 55.1 Å². The molecule has 0 atom stereocenters. The highest BCUT2D eigenvalue weighted by atomic mass is 35.5. The number of piperidine rings is 1. The van der Waals surface area contributed by atoms with E-state index in [0.717, 1.165) is 36.3 Å². The molecule has 6 rings (SSSR count). The molecule has 6 nitrogen and oxygen atoms in total. The third-order valence-electron chi connectivity index (χ3n) is 7.79. The van der Waals surface area contributed by atoms with Gasteiger partial charge in [-0.15, -0.1) is 0 Å². The van der Waals surface area contributed by atoms with E-state index in [1.54, 1.807) is 18.5 Å². The molecule has 2 aliphatic heterocycles. The maximum atomic E-state index is 14.3. The molecule has 2 aromatic heterocycles. The van der Waals surface area contributed by atoms with Gasteiger partial charge < -0.3 is 9.80 Å². The lowest BCUT2D eigenvalue weighted by Crippen LogP contribution is -2.43. The molecule has 8 heteroatoms. The smallest absolute Gasteiger partial charge is 0.162 e. The molecule has 0 radical (unpaired) electrons. The van der Waals surface area contributed by atoms with Crippen molar-refractivity contribution >= 4 is 17.3 Å². The van der Waals surface area contributed by atoms with E-state index < -0.39 is 5.82 Å². The lowest BCUT2D eigenvalue weighted by Gasteiger charge is -2.37. The van der Waals surface area contributed by atoms with Crippen molar-refractivity contribution in [3.63, 3.8) is 0 Å². The minimum Gasteiger partial charge on any atom is -0.371 e. The zero-order valence-corrected chi connectivity index (χ0v) is 22.7. The minimum absolute atomic E-state index is 0.284. The van der Waals surface area contributed by atoms with Crippen molar-refractivity contribution in [3.8, 4) is 11.4 Å². The number of aromatic nitrogens is 4. The van der Waals surface area contributed by atoms with Gasteiger partial charge in [-0.2, -0.15) is 0 Å². The molecule has 0 amide bonds. The standard InChI is InChI=1S/C31H32ClFN6/c32-23-5-8-29(33)28(20-23)31-35-14-10-25(37-31)21-24-9-13-34-30(36-24)19-22-3-6-26(7-4-22)39-17-11-27(12-18-39)38-15-1-2-16-38/h3-10,13-14,20,27H,1-2,11-12,15-19,21H2. The predicted molar refractivity (Wildman–Crippen MR) is 153 cm³/mol. The Hall–Kier alpha value is -3.42. The van der Waals surface area contributed by atoms with Crippen molar-refractivity contribution < 1.29 is 4.39 Å². The number of likely N-dealkylation sites (tertiary alicyclic amines) is 1. The van der Waals surface area contributed by atoms with E-state index in [0.29, 0.717) is 23.7 Å². The second-order valence-electron chi connectivity index (χ2n) is 10.4. The highest BCUT2D eigenvalue weighted by molar-refractivity contribution is 6.30. The lowest BCUT2D eigenvalue weighted by atomic mass is 10.0. The van der Waals surface area contributed by atoms with Gasteiger partial charge in [0.2, 0.25) is 0 Å². The summed E-state index contributed by atoms with van der Waals surface area (Å²) in [6.45, 7) is 4.82. The molecule has 0 saturated carbocycles. The average molecular weight is 543 g/mol. The van der Waals surface area contributed by atoms with Crippen LogP contribution in [0.15, 0.2) is 67.0 Å². The van der Waals surface area contributed by atoms with Crippen molar-refractivity contribution in [2.75, 3.05) is 31.1 Å². The Kier molecular flexibility index (Phi) is 7.79. The Morgan fingerprint density at radius 2 is 1.51 bits per heavy atom. The molecule has 0 N–H and O–H groups in total. The van der Waals surface area contributed by atoms with E-state index >= 15 is 0 Å². The van der Waals surface area contributed by atoms with E-state index in [-0.39, 0.29) is 5.56 Å². The van der Waals surface area contributed by atoms with Crippen molar-refractivity contribution in [2.45, 2.75) is 44.6 Å². The van der Waals surface area contributed by atoms with Gasteiger partial charge in [0.25, 0.3) is 0 Å². The van der Waals surface area contributed by atoms with Gasteiger partial charge in [0.15, 0.2) is 5.82 Å². The second-order valence-corrected chi connectivity index (χ2v) is 10.9. The summed E-state index contributed by atoms with van der Waals surface area (Å²) in [5, 5.41) is 0.441. The third kappa shape index (κ3) is 6.26. The Balaban J connectivity index is 1.08. The molecule has 2 aliphatic rings. The molecule has 2 fully saturated rings. The van der Waals surface area contributed by atoms with E-state index in [2.05, 4.69) is 49.0 Å². The van der Waals surface area contributed by atoms with Crippen LogP contribution in [0, 0.1) is 5.82 Å². The van der Waals surface area contributed by atoms with Crippen molar-refractivity contribution in [1.82, 2.24) is 24.8 Å². The fourth-order valence-corrected chi connectivity index (χ4v) is 5.88. The van der Waals surface area contributed by atoms with Gasteiger partial charge in [0.05, 0.1) is 17.0 Å². The summed E-state index contributed by atoms with van der Waals surface area (Å²) in [6.07, 6.45) is 9.82. The van der Waals surface area contributed by atoms with Crippen LogP contribution in [0.25, 0.3) is 11.4 Å². The van der Waals surface area contributed by atoms with Crippen molar-refractivity contribution in [3.05, 3.63) is 101 Å². The highest BCUT2D eigenvalue weighted by Gasteiger charge is 2.26. The molecule has 2 aromatic carbocycles. The average Bonchev–Trinajstić information content (AvgIpc) is 3.51. The van der Waals surface area contributed by atoms with Gasteiger partial charge in [-0.3, -0.25) is 0 Å². The summed E-state index contributed by atoms with van der Waals surface area (Å²) in [4.78, 5) is 23.3. The SMILES string of the molecule is Fc1ccc(Cl)cc1-c1nccc(Cc2ccnc(Cc3ccc(N4CCC(N5CCCC5)CC4)cc3)n2)n1. The summed E-state index contributed by atoms with van der Waals surface area (Å²) in [6, 6.07) is 17.7. The van der Waals surface area contributed by atoms with Crippen molar-refractivity contribution in [2.24, 2.45) is 0 Å². The molecular formula is C31H32ClFN6. The maximum Gasteiger partial charge on any atom is 0.162 e. The lowest BCUT2D eigenvalue weighted by molar-refractivity contribution is 0.208. The summed E-state index contributed by atoms with van der Waals surface area (Å²) >= 11 is 6.05. The number of rotatable bonds is 7. The first-order chi connectivity index (χ1) is 19.1. The first-order valence-electron chi connectivity index (χ1n) is 13.8. The number of nitrogens with zero attached hydrogens (tertiary/aromatic N) is 6.